The minimum Gasteiger partial charge on any atom is -0.497 e. The summed E-state index contributed by atoms with van der Waals surface area (Å²) in [6.45, 7) is 4.54. The topological polar surface area (TPSA) is 56.8 Å². The van der Waals surface area contributed by atoms with Crippen LogP contribution >= 0.6 is 15.9 Å². The van der Waals surface area contributed by atoms with Gasteiger partial charge in [-0.1, -0.05) is 28.1 Å². The lowest BCUT2D eigenvalue weighted by atomic mass is 10.1. The SMILES string of the molecule is COc1ccc([C@H](CN2CCN(C)CC2)NC(=O)Nc2ccc(Br)cc2F)cc1. The number of rotatable bonds is 6. The molecule has 0 aromatic heterocycles. The summed E-state index contributed by atoms with van der Waals surface area (Å²) in [5.74, 6) is 0.267. The monoisotopic (exact) mass is 464 g/mol. The molecule has 1 aliphatic rings. The summed E-state index contributed by atoms with van der Waals surface area (Å²) in [5, 5.41) is 5.60. The Morgan fingerprint density at radius 3 is 2.48 bits per heavy atom. The number of hydrogen-bond acceptors (Lipinski definition) is 4. The Kier molecular flexibility index (Phi) is 7.46. The van der Waals surface area contributed by atoms with Crippen LogP contribution in [-0.4, -0.2) is 62.7 Å². The van der Waals surface area contributed by atoms with Crippen LogP contribution < -0.4 is 15.4 Å². The first-order chi connectivity index (χ1) is 13.9. The van der Waals surface area contributed by atoms with E-state index in [9.17, 15) is 9.18 Å². The molecule has 0 spiro atoms. The van der Waals surface area contributed by atoms with E-state index < -0.39 is 11.8 Å². The van der Waals surface area contributed by atoms with Crippen LogP contribution in [0.25, 0.3) is 0 Å². The minimum atomic E-state index is -0.491. The minimum absolute atomic E-state index is 0.138. The Morgan fingerprint density at radius 2 is 1.86 bits per heavy atom. The van der Waals surface area contributed by atoms with Crippen molar-refractivity contribution in [2.75, 3.05) is 52.2 Å². The van der Waals surface area contributed by atoms with E-state index >= 15 is 0 Å². The van der Waals surface area contributed by atoms with Crippen molar-refractivity contribution >= 4 is 27.6 Å². The molecule has 0 unspecified atom stereocenters. The first-order valence-corrected chi connectivity index (χ1v) is 10.3. The number of carbonyl (C=O) groups excluding carboxylic acids is 1. The van der Waals surface area contributed by atoms with Crippen LogP contribution in [0.5, 0.6) is 5.75 Å². The van der Waals surface area contributed by atoms with Crippen LogP contribution in [0.4, 0.5) is 14.9 Å². The number of likely N-dealkylation sites (N-methyl/N-ethyl adjacent to an activating group) is 1. The predicted octanol–water partition coefficient (Wildman–Crippen LogP) is 3.71. The highest BCUT2D eigenvalue weighted by atomic mass is 79.9. The van der Waals surface area contributed by atoms with E-state index in [0.29, 0.717) is 11.0 Å². The Morgan fingerprint density at radius 1 is 1.17 bits per heavy atom. The summed E-state index contributed by atoms with van der Waals surface area (Å²) >= 11 is 3.22. The zero-order valence-electron chi connectivity index (χ0n) is 16.6. The van der Waals surface area contributed by atoms with Gasteiger partial charge in [-0.25, -0.2) is 9.18 Å². The van der Waals surface area contributed by atoms with Gasteiger partial charge in [0.15, 0.2) is 0 Å². The molecule has 2 aromatic rings. The van der Waals surface area contributed by atoms with Gasteiger partial charge < -0.3 is 20.3 Å². The van der Waals surface area contributed by atoms with Gasteiger partial charge >= 0.3 is 6.03 Å². The first kappa shape index (κ1) is 21.5. The number of nitrogens with zero attached hydrogens (tertiary/aromatic N) is 2. The van der Waals surface area contributed by atoms with E-state index in [1.807, 2.05) is 24.3 Å². The fourth-order valence-electron chi connectivity index (χ4n) is 3.27. The third-order valence-electron chi connectivity index (χ3n) is 5.04. The highest BCUT2D eigenvalue weighted by Crippen LogP contribution is 2.22. The largest absolute Gasteiger partial charge is 0.497 e. The Bertz CT molecular complexity index is 826. The van der Waals surface area contributed by atoms with Gasteiger partial charge in [0.05, 0.1) is 18.8 Å². The van der Waals surface area contributed by atoms with Crippen LogP contribution in [-0.2, 0) is 0 Å². The number of halogens is 2. The second-order valence-corrected chi connectivity index (χ2v) is 8.07. The zero-order chi connectivity index (χ0) is 20.8. The molecule has 1 saturated heterocycles. The molecule has 1 heterocycles. The van der Waals surface area contributed by atoms with E-state index in [0.717, 1.165) is 37.5 Å². The number of urea groups is 1. The maximum atomic E-state index is 14.1. The Balaban J connectivity index is 1.71. The molecule has 0 bridgehead atoms. The van der Waals surface area contributed by atoms with E-state index in [4.69, 9.17) is 4.74 Å². The number of amides is 2. The lowest BCUT2D eigenvalue weighted by molar-refractivity contribution is 0.143. The van der Waals surface area contributed by atoms with Crippen LogP contribution in [0.1, 0.15) is 11.6 Å². The van der Waals surface area contributed by atoms with Gasteiger partial charge in [-0.2, -0.15) is 0 Å². The van der Waals surface area contributed by atoms with Gasteiger partial charge in [0.25, 0.3) is 0 Å². The van der Waals surface area contributed by atoms with Crippen LogP contribution in [0.3, 0.4) is 0 Å². The zero-order valence-corrected chi connectivity index (χ0v) is 18.2. The van der Waals surface area contributed by atoms with E-state index in [1.54, 1.807) is 13.2 Å². The molecule has 156 valence electrons. The fourth-order valence-corrected chi connectivity index (χ4v) is 3.60. The second-order valence-electron chi connectivity index (χ2n) is 7.15. The molecule has 0 radical (unpaired) electrons. The van der Waals surface area contributed by atoms with Crippen molar-refractivity contribution < 1.29 is 13.9 Å². The summed E-state index contributed by atoms with van der Waals surface area (Å²) in [5.41, 5.74) is 1.11. The number of hydrogen-bond donors (Lipinski definition) is 2. The fraction of sp³-hybridized carbons (Fsp3) is 0.381. The lowest BCUT2D eigenvalue weighted by Gasteiger charge is -2.35. The number of benzene rings is 2. The molecule has 8 heteroatoms. The molecule has 2 amide bonds. The van der Waals surface area contributed by atoms with Gasteiger partial charge in [-0.3, -0.25) is 4.90 Å². The molecule has 1 fully saturated rings. The number of anilines is 1. The molecule has 1 aliphatic heterocycles. The van der Waals surface area contributed by atoms with Gasteiger partial charge in [0, 0.05) is 37.2 Å². The highest BCUT2D eigenvalue weighted by Gasteiger charge is 2.22. The molecule has 0 aliphatic carbocycles. The number of methoxy groups -OCH3 is 1. The Hall–Kier alpha value is -2.16. The summed E-state index contributed by atoms with van der Waals surface area (Å²) in [7, 11) is 3.73. The van der Waals surface area contributed by atoms with Gasteiger partial charge in [-0.05, 0) is 42.9 Å². The standard InChI is InChI=1S/C21H26BrFN4O2/c1-26-9-11-27(12-10-26)14-20(15-3-6-17(29-2)7-4-15)25-21(28)24-19-8-5-16(22)13-18(19)23/h3-8,13,20H,9-12,14H2,1-2H3,(H2,24,25,28)/t20-/m0/s1. The normalized spacial score (nSPS) is 16.3. The van der Waals surface area contributed by atoms with Gasteiger partial charge in [-0.15, -0.1) is 0 Å². The van der Waals surface area contributed by atoms with Crippen molar-refractivity contribution in [1.82, 2.24) is 15.1 Å². The van der Waals surface area contributed by atoms with Crippen molar-refractivity contribution in [2.24, 2.45) is 0 Å². The van der Waals surface area contributed by atoms with Gasteiger partial charge in [0.2, 0.25) is 0 Å². The molecule has 3 rings (SSSR count). The predicted molar refractivity (Wildman–Crippen MR) is 116 cm³/mol. The second kappa shape index (κ2) is 10.0. The number of nitrogens with one attached hydrogen (secondary N) is 2. The van der Waals surface area contributed by atoms with E-state index in [1.165, 1.54) is 12.1 Å². The summed E-state index contributed by atoms with van der Waals surface area (Å²) in [6.07, 6.45) is 0. The summed E-state index contributed by atoms with van der Waals surface area (Å²) < 4.78 is 19.9. The summed E-state index contributed by atoms with van der Waals surface area (Å²) in [6, 6.07) is 11.5. The van der Waals surface area contributed by atoms with Crippen LogP contribution in [0, 0.1) is 5.82 Å². The molecule has 6 nitrogen and oxygen atoms in total. The third kappa shape index (κ3) is 6.16. The van der Waals surface area contributed by atoms with Crippen molar-refractivity contribution in [2.45, 2.75) is 6.04 Å². The average molecular weight is 465 g/mol. The average Bonchev–Trinajstić information content (AvgIpc) is 2.71. The van der Waals surface area contributed by atoms with Gasteiger partial charge in [0.1, 0.15) is 11.6 Å². The Labute approximate surface area is 179 Å². The molecular formula is C21H26BrFN4O2. The van der Waals surface area contributed by atoms with Crippen molar-refractivity contribution in [3.63, 3.8) is 0 Å². The number of carbonyl (C=O) groups is 1. The maximum Gasteiger partial charge on any atom is 0.319 e. The lowest BCUT2D eigenvalue weighted by Crippen LogP contribution is -2.48. The number of ether oxygens (including phenoxy) is 1. The maximum absolute atomic E-state index is 14.1. The molecular weight excluding hydrogens is 439 g/mol. The molecule has 2 aromatic carbocycles. The van der Waals surface area contributed by atoms with Crippen molar-refractivity contribution in [1.29, 1.82) is 0 Å². The summed E-state index contributed by atoms with van der Waals surface area (Å²) in [4.78, 5) is 17.2. The molecule has 1 atom stereocenters. The molecule has 29 heavy (non-hydrogen) atoms. The molecule has 0 saturated carbocycles. The van der Waals surface area contributed by atoms with Crippen molar-refractivity contribution in [3.8, 4) is 5.75 Å². The van der Waals surface area contributed by atoms with Crippen LogP contribution in [0.2, 0.25) is 0 Å². The first-order valence-electron chi connectivity index (χ1n) is 9.52. The van der Waals surface area contributed by atoms with Crippen molar-refractivity contribution in [3.05, 3.63) is 58.3 Å². The quantitative estimate of drug-likeness (QED) is 0.683. The third-order valence-corrected chi connectivity index (χ3v) is 5.53. The van der Waals surface area contributed by atoms with E-state index in [2.05, 4.69) is 43.4 Å². The highest BCUT2D eigenvalue weighted by molar-refractivity contribution is 9.10. The smallest absolute Gasteiger partial charge is 0.319 e. The molecule has 2 N–H and O–H groups in total. The van der Waals surface area contributed by atoms with E-state index in [-0.39, 0.29) is 11.7 Å². The van der Waals surface area contributed by atoms with Crippen LogP contribution in [0.15, 0.2) is 46.9 Å². The number of piperazine rings is 1.